The highest BCUT2D eigenvalue weighted by molar-refractivity contribution is 5.83. The SMILES string of the molecule is Cc1cc(C)cc(-c2ccc3c(c2)-c2cccc(C)c2C3C)c1. The van der Waals surface area contributed by atoms with Crippen molar-refractivity contribution in [1.82, 2.24) is 0 Å². The summed E-state index contributed by atoms with van der Waals surface area (Å²) in [6.07, 6.45) is 0. The molecule has 0 aromatic heterocycles. The molecule has 23 heavy (non-hydrogen) atoms. The molecule has 0 spiro atoms. The zero-order valence-corrected chi connectivity index (χ0v) is 14.3. The molecule has 0 heterocycles. The Kier molecular flexibility index (Phi) is 3.16. The quantitative estimate of drug-likeness (QED) is 0.487. The highest BCUT2D eigenvalue weighted by atomic mass is 14.3. The molecule has 0 N–H and O–H groups in total. The average molecular weight is 298 g/mol. The summed E-state index contributed by atoms with van der Waals surface area (Å²) in [5.41, 5.74) is 12.5. The Bertz CT molecular complexity index is 895. The molecule has 0 saturated carbocycles. The number of benzene rings is 3. The van der Waals surface area contributed by atoms with Gasteiger partial charge in [0.25, 0.3) is 0 Å². The molecule has 1 atom stereocenters. The average Bonchev–Trinajstić information content (AvgIpc) is 2.80. The van der Waals surface area contributed by atoms with Gasteiger partial charge in [-0.3, -0.25) is 0 Å². The molecule has 0 heteroatoms. The third-order valence-electron chi connectivity index (χ3n) is 5.12. The van der Waals surface area contributed by atoms with Crippen LogP contribution in [-0.2, 0) is 0 Å². The molecule has 0 fully saturated rings. The van der Waals surface area contributed by atoms with Crippen molar-refractivity contribution in [3.63, 3.8) is 0 Å². The number of hydrogen-bond acceptors (Lipinski definition) is 0. The van der Waals surface area contributed by atoms with Crippen LogP contribution in [0.4, 0.5) is 0 Å². The second-order valence-corrected chi connectivity index (χ2v) is 6.94. The monoisotopic (exact) mass is 298 g/mol. The first-order valence-electron chi connectivity index (χ1n) is 8.37. The largest absolute Gasteiger partial charge is 0.0614 e. The van der Waals surface area contributed by atoms with E-state index in [2.05, 4.69) is 82.3 Å². The zero-order chi connectivity index (χ0) is 16.1. The van der Waals surface area contributed by atoms with E-state index in [4.69, 9.17) is 0 Å². The maximum Gasteiger partial charge on any atom is 0.00759 e. The molecule has 1 aliphatic rings. The fourth-order valence-electron chi connectivity index (χ4n) is 4.13. The van der Waals surface area contributed by atoms with E-state index in [-0.39, 0.29) is 0 Å². The summed E-state index contributed by atoms with van der Waals surface area (Å²) in [7, 11) is 0. The van der Waals surface area contributed by atoms with Gasteiger partial charge in [0.15, 0.2) is 0 Å². The van der Waals surface area contributed by atoms with Gasteiger partial charge in [-0.25, -0.2) is 0 Å². The summed E-state index contributed by atoms with van der Waals surface area (Å²) in [5, 5.41) is 0. The van der Waals surface area contributed by atoms with Gasteiger partial charge in [0.2, 0.25) is 0 Å². The van der Waals surface area contributed by atoms with E-state index >= 15 is 0 Å². The summed E-state index contributed by atoms with van der Waals surface area (Å²) in [6.45, 7) is 8.90. The highest BCUT2D eigenvalue weighted by Crippen LogP contribution is 2.47. The maximum atomic E-state index is 2.38. The van der Waals surface area contributed by atoms with E-state index in [1.165, 1.54) is 50.1 Å². The lowest BCUT2D eigenvalue weighted by Crippen LogP contribution is -1.92. The topological polar surface area (TPSA) is 0 Å². The van der Waals surface area contributed by atoms with E-state index < -0.39 is 0 Å². The van der Waals surface area contributed by atoms with E-state index in [9.17, 15) is 0 Å². The Morgan fingerprint density at radius 3 is 2.17 bits per heavy atom. The number of aryl methyl sites for hydroxylation is 3. The zero-order valence-electron chi connectivity index (χ0n) is 14.3. The van der Waals surface area contributed by atoms with Gasteiger partial charge in [-0.1, -0.05) is 66.6 Å². The van der Waals surface area contributed by atoms with Crippen LogP contribution in [0.1, 0.15) is 40.7 Å². The Balaban J connectivity index is 1.92. The minimum Gasteiger partial charge on any atom is -0.0614 e. The first kappa shape index (κ1) is 14.3. The Morgan fingerprint density at radius 1 is 0.696 bits per heavy atom. The van der Waals surface area contributed by atoms with E-state index in [1.807, 2.05) is 0 Å². The minimum atomic E-state index is 0.495. The van der Waals surface area contributed by atoms with Gasteiger partial charge in [0, 0.05) is 5.92 Å². The molecule has 0 bridgehead atoms. The lowest BCUT2D eigenvalue weighted by molar-refractivity contribution is 0.944. The van der Waals surface area contributed by atoms with Crippen LogP contribution in [0.15, 0.2) is 54.6 Å². The van der Waals surface area contributed by atoms with Crippen LogP contribution in [-0.4, -0.2) is 0 Å². The van der Waals surface area contributed by atoms with Crippen molar-refractivity contribution >= 4 is 0 Å². The summed E-state index contributed by atoms with van der Waals surface area (Å²) in [6, 6.07) is 20.5. The lowest BCUT2D eigenvalue weighted by atomic mass is 9.94. The highest BCUT2D eigenvalue weighted by Gasteiger charge is 2.26. The van der Waals surface area contributed by atoms with Crippen molar-refractivity contribution < 1.29 is 0 Å². The third kappa shape index (κ3) is 2.21. The molecule has 0 radical (unpaired) electrons. The molecular formula is C23H22. The first-order chi connectivity index (χ1) is 11.0. The van der Waals surface area contributed by atoms with Crippen LogP contribution < -0.4 is 0 Å². The molecule has 0 nitrogen and oxygen atoms in total. The Morgan fingerprint density at radius 2 is 1.43 bits per heavy atom. The van der Waals surface area contributed by atoms with Crippen molar-refractivity contribution in [1.29, 1.82) is 0 Å². The molecule has 1 aliphatic carbocycles. The van der Waals surface area contributed by atoms with Crippen LogP contribution in [0.5, 0.6) is 0 Å². The second-order valence-electron chi connectivity index (χ2n) is 6.94. The second kappa shape index (κ2) is 5.09. The van der Waals surface area contributed by atoms with Crippen molar-refractivity contribution in [2.24, 2.45) is 0 Å². The lowest BCUT2D eigenvalue weighted by Gasteiger charge is -2.10. The Labute approximate surface area is 138 Å². The maximum absolute atomic E-state index is 2.38. The summed E-state index contributed by atoms with van der Waals surface area (Å²) < 4.78 is 0. The van der Waals surface area contributed by atoms with Gasteiger partial charge < -0.3 is 0 Å². The number of hydrogen-bond donors (Lipinski definition) is 0. The van der Waals surface area contributed by atoms with E-state index in [0.717, 1.165) is 0 Å². The van der Waals surface area contributed by atoms with E-state index in [1.54, 1.807) is 0 Å². The standard InChI is InChI=1S/C23H22/c1-14-10-15(2)12-19(11-14)18-8-9-20-17(4)23-16(3)6-5-7-21(23)22(20)13-18/h5-13,17H,1-4H3. The minimum absolute atomic E-state index is 0.495. The Hall–Kier alpha value is -2.34. The van der Waals surface area contributed by atoms with Crippen LogP contribution in [0.25, 0.3) is 22.3 Å². The van der Waals surface area contributed by atoms with Gasteiger partial charge in [0.1, 0.15) is 0 Å². The van der Waals surface area contributed by atoms with Gasteiger partial charge >= 0.3 is 0 Å². The molecule has 1 unspecified atom stereocenters. The number of fused-ring (bicyclic) bond motifs is 3. The molecule has 114 valence electrons. The first-order valence-corrected chi connectivity index (χ1v) is 8.37. The third-order valence-corrected chi connectivity index (χ3v) is 5.12. The summed E-state index contributed by atoms with van der Waals surface area (Å²) in [5.74, 6) is 0.495. The van der Waals surface area contributed by atoms with Crippen molar-refractivity contribution in [2.75, 3.05) is 0 Å². The summed E-state index contributed by atoms with van der Waals surface area (Å²) >= 11 is 0. The van der Waals surface area contributed by atoms with Gasteiger partial charge in [-0.15, -0.1) is 0 Å². The normalized spacial score (nSPS) is 15.4. The fraction of sp³-hybridized carbons (Fsp3) is 0.217. The number of rotatable bonds is 1. The van der Waals surface area contributed by atoms with Crippen molar-refractivity contribution in [2.45, 2.75) is 33.6 Å². The predicted octanol–water partition coefficient (Wildman–Crippen LogP) is 6.41. The molecule has 0 aliphatic heterocycles. The summed E-state index contributed by atoms with van der Waals surface area (Å²) in [4.78, 5) is 0. The van der Waals surface area contributed by atoms with Crippen molar-refractivity contribution in [3.8, 4) is 22.3 Å². The fourth-order valence-corrected chi connectivity index (χ4v) is 4.13. The van der Waals surface area contributed by atoms with Crippen LogP contribution >= 0.6 is 0 Å². The predicted molar refractivity (Wildman–Crippen MR) is 99.0 cm³/mol. The molecule has 0 amide bonds. The molecule has 3 aromatic rings. The van der Waals surface area contributed by atoms with Crippen LogP contribution in [0.2, 0.25) is 0 Å². The van der Waals surface area contributed by atoms with Crippen LogP contribution in [0, 0.1) is 20.8 Å². The van der Waals surface area contributed by atoms with Crippen molar-refractivity contribution in [3.05, 3.63) is 82.4 Å². The molecule has 0 saturated heterocycles. The van der Waals surface area contributed by atoms with Gasteiger partial charge in [-0.05, 0) is 65.8 Å². The van der Waals surface area contributed by atoms with E-state index in [0.29, 0.717) is 5.92 Å². The molecule has 4 rings (SSSR count). The smallest absolute Gasteiger partial charge is 0.00759 e. The molecule has 3 aromatic carbocycles. The molecular weight excluding hydrogens is 276 g/mol. The van der Waals surface area contributed by atoms with Gasteiger partial charge in [0.05, 0.1) is 0 Å². The van der Waals surface area contributed by atoms with Crippen LogP contribution in [0.3, 0.4) is 0 Å². The van der Waals surface area contributed by atoms with Gasteiger partial charge in [-0.2, -0.15) is 0 Å².